The van der Waals surface area contributed by atoms with Gasteiger partial charge in [-0.1, -0.05) is 19.3 Å². The van der Waals surface area contributed by atoms with E-state index in [0.717, 1.165) is 38.2 Å². The minimum absolute atomic E-state index is 0.0199. The van der Waals surface area contributed by atoms with Gasteiger partial charge in [-0.15, -0.1) is 0 Å². The van der Waals surface area contributed by atoms with Gasteiger partial charge in [0.15, 0.2) is 5.69 Å². The highest BCUT2D eigenvalue weighted by molar-refractivity contribution is 5.89. The lowest BCUT2D eigenvalue weighted by atomic mass is 9.96. The number of nitrogens with one attached hydrogen (secondary N) is 2. The fraction of sp³-hybridized carbons (Fsp3) is 0.421. The quantitative estimate of drug-likeness (QED) is 0.712. The second-order valence-corrected chi connectivity index (χ2v) is 6.63. The highest BCUT2D eigenvalue weighted by Gasteiger charge is 2.34. The average molecular weight is 394 g/mol. The van der Waals surface area contributed by atoms with Crippen molar-refractivity contribution in [1.29, 1.82) is 0 Å². The first-order valence-corrected chi connectivity index (χ1v) is 9.03. The average Bonchev–Trinajstić information content (AvgIpc) is 2.68. The Morgan fingerprint density at radius 1 is 1.11 bits per heavy atom. The molecule has 1 aromatic heterocycles. The molecule has 0 saturated heterocycles. The summed E-state index contributed by atoms with van der Waals surface area (Å²) in [5, 5.41) is 5.86. The summed E-state index contributed by atoms with van der Waals surface area (Å²) in [6, 6.07) is 7.10. The number of methoxy groups -OCH3 is 1. The van der Waals surface area contributed by atoms with Crippen LogP contribution in [0.2, 0.25) is 0 Å². The molecule has 150 valence electrons. The van der Waals surface area contributed by atoms with Crippen molar-refractivity contribution < 1.29 is 22.7 Å². The van der Waals surface area contributed by atoms with E-state index in [-0.39, 0.29) is 17.8 Å². The maximum Gasteiger partial charge on any atom is 0.433 e. The Morgan fingerprint density at radius 2 is 1.79 bits per heavy atom. The van der Waals surface area contributed by atoms with Gasteiger partial charge in [0, 0.05) is 17.8 Å². The molecule has 1 fully saturated rings. The van der Waals surface area contributed by atoms with E-state index in [0.29, 0.717) is 11.3 Å². The van der Waals surface area contributed by atoms with Crippen LogP contribution in [0.4, 0.5) is 30.6 Å². The van der Waals surface area contributed by atoms with Crippen molar-refractivity contribution >= 4 is 23.4 Å². The second-order valence-electron chi connectivity index (χ2n) is 6.63. The van der Waals surface area contributed by atoms with Gasteiger partial charge in [-0.3, -0.25) is 0 Å². The van der Waals surface area contributed by atoms with Crippen molar-refractivity contribution in [2.24, 2.45) is 0 Å². The number of halogens is 3. The molecule has 0 bridgehead atoms. The number of carbonyl (C=O) groups is 1. The van der Waals surface area contributed by atoms with Crippen LogP contribution < -0.4 is 10.6 Å². The van der Waals surface area contributed by atoms with Crippen molar-refractivity contribution in [3.05, 3.63) is 41.6 Å². The van der Waals surface area contributed by atoms with Gasteiger partial charge in [-0.2, -0.15) is 18.2 Å². The smallest absolute Gasteiger partial charge is 0.433 e. The molecule has 0 radical (unpaired) electrons. The summed E-state index contributed by atoms with van der Waals surface area (Å²) in [6.45, 7) is 0. The largest absolute Gasteiger partial charge is 0.465 e. The van der Waals surface area contributed by atoms with Crippen molar-refractivity contribution in [3.63, 3.8) is 0 Å². The van der Waals surface area contributed by atoms with Crippen LogP contribution >= 0.6 is 0 Å². The van der Waals surface area contributed by atoms with E-state index in [2.05, 4.69) is 25.3 Å². The van der Waals surface area contributed by atoms with Crippen LogP contribution in [0, 0.1) is 0 Å². The SMILES string of the molecule is COC(=O)c1ccc(Nc2cc(C(F)(F)F)nc(NC3CCCCC3)n2)cc1. The number of ether oxygens (including phenoxy) is 1. The van der Waals surface area contributed by atoms with E-state index in [1.165, 1.54) is 19.2 Å². The lowest BCUT2D eigenvalue weighted by molar-refractivity contribution is -0.141. The number of anilines is 3. The summed E-state index contributed by atoms with van der Waals surface area (Å²) in [5.41, 5.74) is -0.191. The molecule has 28 heavy (non-hydrogen) atoms. The maximum absolute atomic E-state index is 13.2. The Morgan fingerprint density at radius 3 is 2.39 bits per heavy atom. The van der Waals surface area contributed by atoms with Gasteiger partial charge in [-0.05, 0) is 37.1 Å². The predicted molar refractivity (Wildman–Crippen MR) is 98.6 cm³/mol. The number of alkyl halides is 3. The summed E-state index contributed by atoms with van der Waals surface area (Å²) in [4.78, 5) is 19.3. The highest BCUT2D eigenvalue weighted by Crippen LogP contribution is 2.31. The molecule has 9 heteroatoms. The second kappa shape index (κ2) is 8.45. The number of aromatic nitrogens is 2. The van der Waals surface area contributed by atoms with E-state index in [1.54, 1.807) is 12.1 Å². The summed E-state index contributed by atoms with van der Waals surface area (Å²) in [5.74, 6) is -0.520. The molecule has 1 aliphatic rings. The maximum atomic E-state index is 13.2. The van der Waals surface area contributed by atoms with Gasteiger partial charge in [0.05, 0.1) is 12.7 Å². The topological polar surface area (TPSA) is 76.1 Å². The molecule has 0 amide bonds. The van der Waals surface area contributed by atoms with Crippen LogP contribution in [0.25, 0.3) is 0 Å². The molecular formula is C19H21F3N4O2. The minimum Gasteiger partial charge on any atom is -0.465 e. The Hall–Kier alpha value is -2.84. The first-order valence-electron chi connectivity index (χ1n) is 9.03. The Bertz CT molecular complexity index is 819. The van der Waals surface area contributed by atoms with Gasteiger partial charge in [0.25, 0.3) is 0 Å². The van der Waals surface area contributed by atoms with Crippen molar-refractivity contribution in [2.75, 3.05) is 17.7 Å². The fourth-order valence-electron chi connectivity index (χ4n) is 3.11. The molecular weight excluding hydrogens is 373 g/mol. The first-order chi connectivity index (χ1) is 13.3. The van der Waals surface area contributed by atoms with Crippen molar-refractivity contribution in [2.45, 2.75) is 44.3 Å². The monoisotopic (exact) mass is 394 g/mol. The van der Waals surface area contributed by atoms with Crippen LogP contribution in [-0.2, 0) is 10.9 Å². The molecule has 0 unspecified atom stereocenters. The van der Waals surface area contributed by atoms with Crippen LogP contribution in [0.15, 0.2) is 30.3 Å². The normalized spacial score (nSPS) is 15.1. The standard InChI is InChI=1S/C19H21F3N4O2/c1-28-17(27)12-7-9-14(10-8-12)23-16-11-15(19(20,21)22)25-18(26-16)24-13-5-3-2-4-6-13/h7-11,13H,2-6H2,1H3,(H2,23,24,25,26). The molecule has 0 aliphatic heterocycles. The van der Waals surface area contributed by atoms with E-state index >= 15 is 0 Å². The molecule has 1 heterocycles. The number of hydrogen-bond acceptors (Lipinski definition) is 6. The van der Waals surface area contributed by atoms with Crippen LogP contribution in [0.3, 0.4) is 0 Å². The predicted octanol–water partition coefficient (Wildman–Crippen LogP) is 4.77. The van der Waals surface area contributed by atoms with E-state index in [4.69, 9.17) is 0 Å². The van der Waals surface area contributed by atoms with Crippen molar-refractivity contribution in [1.82, 2.24) is 9.97 Å². The van der Waals surface area contributed by atoms with Gasteiger partial charge in [0.2, 0.25) is 5.95 Å². The molecule has 2 aromatic rings. The number of esters is 1. The molecule has 6 nitrogen and oxygen atoms in total. The fourth-order valence-corrected chi connectivity index (χ4v) is 3.11. The molecule has 1 saturated carbocycles. The van der Waals surface area contributed by atoms with E-state index < -0.39 is 17.8 Å². The zero-order valence-corrected chi connectivity index (χ0v) is 15.3. The number of nitrogens with zero attached hydrogens (tertiary/aromatic N) is 2. The molecule has 0 atom stereocenters. The summed E-state index contributed by atoms with van der Waals surface area (Å²) >= 11 is 0. The van der Waals surface area contributed by atoms with Gasteiger partial charge < -0.3 is 15.4 Å². The van der Waals surface area contributed by atoms with Crippen molar-refractivity contribution in [3.8, 4) is 0 Å². The lowest BCUT2D eigenvalue weighted by Gasteiger charge is -2.23. The third-order valence-electron chi connectivity index (χ3n) is 4.53. The Kier molecular flexibility index (Phi) is 6.01. The molecule has 1 aliphatic carbocycles. The molecule has 2 N–H and O–H groups in total. The molecule has 1 aromatic carbocycles. The summed E-state index contributed by atoms with van der Waals surface area (Å²) in [6.07, 6.45) is 0.393. The third-order valence-corrected chi connectivity index (χ3v) is 4.53. The zero-order valence-electron chi connectivity index (χ0n) is 15.3. The van der Waals surface area contributed by atoms with Crippen LogP contribution in [-0.4, -0.2) is 29.1 Å². The van der Waals surface area contributed by atoms with E-state index in [9.17, 15) is 18.0 Å². The number of hydrogen-bond donors (Lipinski definition) is 2. The molecule has 0 spiro atoms. The molecule has 3 rings (SSSR count). The van der Waals surface area contributed by atoms with Gasteiger partial charge >= 0.3 is 12.1 Å². The number of rotatable bonds is 5. The van der Waals surface area contributed by atoms with Crippen LogP contribution in [0.5, 0.6) is 0 Å². The van der Waals surface area contributed by atoms with Gasteiger partial charge in [0.1, 0.15) is 5.82 Å². The van der Waals surface area contributed by atoms with E-state index in [1.807, 2.05) is 0 Å². The Balaban J connectivity index is 1.82. The minimum atomic E-state index is -4.59. The van der Waals surface area contributed by atoms with Crippen LogP contribution in [0.1, 0.15) is 48.2 Å². The van der Waals surface area contributed by atoms with Gasteiger partial charge in [-0.25, -0.2) is 9.78 Å². The lowest BCUT2D eigenvalue weighted by Crippen LogP contribution is -2.24. The number of carbonyl (C=O) groups excluding carboxylic acids is 1. The third kappa shape index (κ3) is 5.11. The zero-order chi connectivity index (χ0) is 20.1. The first kappa shape index (κ1) is 19.9. The summed E-state index contributed by atoms with van der Waals surface area (Å²) in [7, 11) is 1.27. The Labute approximate surface area is 160 Å². The number of benzene rings is 1. The summed E-state index contributed by atoms with van der Waals surface area (Å²) < 4.78 is 44.4. The highest BCUT2D eigenvalue weighted by atomic mass is 19.4.